The number of halogens is 1. The molecule has 0 aliphatic carbocycles. The second kappa shape index (κ2) is 4.63. The molecule has 1 heterocycles. The van der Waals surface area contributed by atoms with Gasteiger partial charge in [-0.1, -0.05) is 0 Å². The largest absolute Gasteiger partial charge is 0.488 e. The van der Waals surface area contributed by atoms with Gasteiger partial charge in [-0.2, -0.15) is 0 Å². The molecule has 78 valence electrons. The predicted octanol–water partition coefficient (Wildman–Crippen LogP) is 0.778. The molecule has 0 fully saturated rings. The van der Waals surface area contributed by atoms with Gasteiger partial charge in [0.15, 0.2) is 5.76 Å². The van der Waals surface area contributed by atoms with Crippen LogP contribution in [-0.4, -0.2) is 23.4 Å². The number of nitrogens with two attached hydrogens (primary N) is 1. The zero-order valence-electron chi connectivity index (χ0n) is 7.67. The fourth-order valence-corrected chi connectivity index (χ4v) is 1.72. The lowest BCUT2D eigenvalue weighted by Gasteiger charge is -2.23. The van der Waals surface area contributed by atoms with Crippen LogP contribution in [0, 0.1) is 11.3 Å². The number of carbonyl (C=O) groups is 1. The van der Waals surface area contributed by atoms with Crippen molar-refractivity contribution in [1.29, 1.82) is 5.41 Å². The van der Waals surface area contributed by atoms with E-state index < -0.39 is 0 Å². The minimum absolute atomic E-state index is 0.230. The fourth-order valence-electron chi connectivity index (χ4n) is 1.22. The van der Waals surface area contributed by atoms with Crippen molar-refractivity contribution in [3.63, 3.8) is 0 Å². The molecule has 1 aliphatic heterocycles. The van der Waals surface area contributed by atoms with E-state index in [0.717, 1.165) is 0 Å². The second-order valence-corrected chi connectivity index (χ2v) is 3.98. The van der Waals surface area contributed by atoms with Crippen LogP contribution < -0.4 is 5.73 Å². The van der Waals surface area contributed by atoms with Crippen LogP contribution in [0.5, 0.6) is 0 Å². The molecule has 0 aromatic heterocycles. The first-order valence-electron chi connectivity index (χ1n) is 4.00. The van der Waals surface area contributed by atoms with Crippen LogP contribution in [0.2, 0.25) is 0 Å². The van der Waals surface area contributed by atoms with Crippen molar-refractivity contribution in [3.05, 3.63) is 11.5 Å². The minimum Gasteiger partial charge on any atom is -0.488 e. The summed E-state index contributed by atoms with van der Waals surface area (Å²) >= 11 is 1.81. The molecule has 3 N–H and O–H groups in total. The Kier molecular flexibility index (Phi) is 3.73. The van der Waals surface area contributed by atoms with Gasteiger partial charge in [0.25, 0.3) is 0 Å². The summed E-state index contributed by atoms with van der Waals surface area (Å²) in [7, 11) is 1.33. The SMILES string of the molecule is COC(=O)C1COC(C(=N)I)=C(N)C1. The molecule has 1 aliphatic rings. The maximum atomic E-state index is 11.2. The molecule has 0 aromatic carbocycles. The summed E-state index contributed by atoms with van der Waals surface area (Å²) in [4.78, 5) is 11.2. The summed E-state index contributed by atoms with van der Waals surface area (Å²) in [6, 6.07) is 0. The van der Waals surface area contributed by atoms with E-state index in [1.165, 1.54) is 7.11 Å². The van der Waals surface area contributed by atoms with E-state index in [-0.39, 0.29) is 22.2 Å². The third kappa shape index (κ3) is 2.37. The van der Waals surface area contributed by atoms with E-state index in [1.807, 2.05) is 22.6 Å². The first-order chi connectivity index (χ1) is 6.56. The number of carbonyl (C=O) groups excluding carboxylic acids is 1. The maximum absolute atomic E-state index is 11.2. The number of nitrogens with one attached hydrogen (secondary N) is 1. The Morgan fingerprint density at radius 1 is 1.79 bits per heavy atom. The summed E-state index contributed by atoms with van der Waals surface area (Å²) in [6.07, 6.45) is 0.396. The molecule has 1 unspecified atom stereocenters. The van der Waals surface area contributed by atoms with Crippen LogP contribution in [-0.2, 0) is 14.3 Å². The number of esters is 1. The average Bonchev–Trinajstić information content (AvgIpc) is 2.15. The Morgan fingerprint density at radius 2 is 2.43 bits per heavy atom. The third-order valence-corrected chi connectivity index (χ3v) is 2.41. The zero-order chi connectivity index (χ0) is 10.7. The summed E-state index contributed by atoms with van der Waals surface area (Å²) in [6.45, 7) is 0.230. The quantitative estimate of drug-likeness (QED) is 0.448. The van der Waals surface area contributed by atoms with Gasteiger partial charge in [0.05, 0.1) is 18.7 Å². The monoisotopic (exact) mass is 310 g/mol. The average molecular weight is 310 g/mol. The van der Waals surface area contributed by atoms with Crippen LogP contribution in [0.25, 0.3) is 0 Å². The third-order valence-electron chi connectivity index (χ3n) is 1.92. The zero-order valence-corrected chi connectivity index (χ0v) is 9.83. The standard InChI is InChI=1S/C8H11IN2O3/c1-13-8(12)4-2-5(10)6(7(9)11)14-3-4/h4,11H,2-3,10H2,1H3. The topological polar surface area (TPSA) is 85.4 Å². The Balaban J connectivity index is 2.73. The van der Waals surface area contributed by atoms with Gasteiger partial charge in [-0.15, -0.1) is 0 Å². The van der Waals surface area contributed by atoms with Crippen LogP contribution in [0.3, 0.4) is 0 Å². The lowest BCUT2D eigenvalue weighted by atomic mass is 10.0. The predicted molar refractivity (Wildman–Crippen MR) is 59.0 cm³/mol. The first kappa shape index (κ1) is 11.3. The highest BCUT2D eigenvalue weighted by molar-refractivity contribution is 14.1. The number of methoxy groups -OCH3 is 1. The molecule has 0 amide bonds. The van der Waals surface area contributed by atoms with Crippen molar-refractivity contribution >= 4 is 32.3 Å². The van der Waals surface area contributed by atoms with Crippen molar-refractivity contribution < 1.29 is 14.3 Å². The molecule has 1 rings (SSSR count). The van der Waals surface area contributed by atoms with Gasteiger partial charge in [-0.25, -0.2) is 0 Å². The Bertz CT molecular complexity index is 301. The van der Waals surface area contributed by atoms with Gasteiger partial charge in [-0.05, 0) is 22.6 Å². The number of hydrogen-bond acceptors (Lipinski definition) is 5. The highest BCUT2D eigenvalue weighted by atomic mass is 127. The van der Waals surface area contributed by atoms with Crippen LogP contribution >= 0.6 is 22.6 Å². The Labute approximate surface area is 95.3 Å². The lowest BCUT2D eigenvalue weighted by molar-refractivity contribution is -0.147. The Morgan fingerprint density at radius 3 is 2.86 bits per heavy atom. The summed E-state index contributed by atoms with van der Waals surface area (Å²) in [5.41, 5.74) is 6.10. The lowest BCUT2D eigenvalue weighted by Crippen LogP contribution is -2.29. The first-order valence-corrected chi connectivity index (χ1v) is 5.07. The number of rotatable bonds is 2. The van der Waals surface area contributed by atoms with E-state index >= 15 is 0 Å². The minimum atomic E-state index is -0.348. The summed E-state index contributed by atoms with van der Waals surface area (Å²) in [5, 5.41) is 7.34. The van der Waals surface area contributed by atoms with E-state index in [2.05, 4.69) is 4.74 Å². The van der Waals surface area contributed by atoms with Crippen LogP contribution in [0.15, 0.2) is 11.5 Å². The molecular formula is C8H11IN2O3. The highest BCUT2D eigenvalue weighted by Gasteiger charge is 2.28. The molecule has 0 spiro atoms. The van der Waals surface area contributed by atoms with Gasteiger partial charge in [0.2, 0.25) is 0 Å². The fraction of sp³-hybridized carbons (Fsp3) is 0.500. The molecule has 1 atom stereocenters. The molecular weight excluding hydrogens is 299 g/mol. The van der Waals surface area contributed by atoms with Crippen molar-refractivity contribution in [2.24, 2.45) is 11.7 Å². The van der Waals surface area contributed by atoms with E-state index in [1.54, 1.807) is 0 Å². The Hall–Kier alpha value is -0.790. The van der Waals surface area contributed by atoms with Crippen LogP contribution in [0.1, 0.15) is 6.42 Å². The molecule has 0 saturated heterocycles. The van der Waals surface area contributed by atoms with E-state index in [4.69, 9.17) is 15.9 Å². The number of ether oxygens (including phenoxy) is 2. The molecule has 0 saturated carbocycles. The number of allylic oxidation sites excluding steroid dienone is 2. The molecule has 6 heteroatoms. The summed E-state index contributed by atoms with van der Waals surface area (Å²) in [5.74, 6) is -0.294. The second-order valence-electron chi connectivity index (χ2n) is 2.90. The maximum Gasteiger partial charge on any atom is 0.312 e. The van der Waals surface area contributed by atoms with Gasteiger partial charge in [0, 0.05) is 6.42 Å². The molecule has 0 bridgehead atoms. The van der Waals surface area contributed by atoms with Gasteiger partial charge >= 0.3 is 5.97 Å². The van der Waals surface area contributed by atoms with Crippen molar-refractivity contribution in [2.45, 2.75) is 6.42 Å². The summed E-state index contributed by atoms with van der Waals surface area (Å²) < 4.78 is 10.0. The van der Waals surface area contributed by atoms with E-state index in [0.29, 0.717) is 17.9 Å². The van der Waals surface area contributed by atoms with Crippen molar-refractivity contribution in [1.82, 2.24) is 0 Å². The van der Waals surface area contributed by atoms with Gasteiger partial charge in [0.1, 0.15) is 10.3 Å². The normalized spacial score (nSPS) is 21.4. The highest BCUT2D eigenvalue weighted by Crippen LogP contribution is 2.23. The molecule has 5 nitrogen and oxygen atoms in total. The van der Waals surface area contributed by atoms with Gasteiger partial charge < -0.3 is 15.2 Å². The van der Waals surface area contributed by atoms with Crippen LogP contribution in [0.4, 0.5) is 0 Å². The van der Waals surface area contributed by atoms with E-state index in [9.17, 15) is 4.79 Å². The molecule has 0 radical (unpaired) electrons. The molecule has 0 aromatic rings. The smallest absolute Gasteiger partial charge is 0.312 e. The van der Waals surface area contributed by atoms with Gasteiger partial charge in [-0.3, -0.25) is 10.2 Å². The molecule has 14 heavy (non-hydrogen) atoms. The van der Waals surface area contributed by atoms with Crippen molar-refractivity contribution in [2.75, 3.05) is 13.7 Å². The number of hydrogen-bond donors (Lipinski definition) is 2. The van der Waals surface area contributed by atoms with Crippen molar-refractivity contribution in [3.8, 4) is 0 Å².